The summed E-state index contributed by atoms with van der Waals surface area (Å²) in [5, 5.41) is 2.80. The van der Waals surface area contributed by atoms with Crippen LogP contribution in [0.15, 0.2) is 54.6 Å². The van der Waals surface area contributed by atoms with E-state index in [4.69, 9.17) is 0 Å². The Labute approximate surface area is 154 Å². The van der Waals surface area contributed by atoms with Gasteiger partial charge in [-0.15, -0.1) is 0 Å². The first-order chi connectivity index (χ1) is 12.6. The van der Waals surface area contributed by atoms with Crippen molar-refractivity contribution in [2.75, 3.05) is 6.54 Å². The molecule has 0 bridgehead atoms. The van der Waals surface area contributed by atoms with Gasteiger partial charge >= 0.3 is 0 Å². The summed E-state index contributed by atoms with van der Waals surface area (Å²) in [6.07, 6.45) is 0.631. The van der Waals surface area contributed by atoms with Gasteiger partial charge in [0, 0.05) is 31.5 Å². The SMILES string of the molecule is CCNC(=O)[C@H](Cc1ccccc1)N(Cc1ccccc1F)C(=O)CC. The van der Waals surface area contributed by atoms with Crippen LogP contribution in [0, 0.1) is 5.82 Å². The van der Waals surface area contributed by atoms with Crippen molar-refractivity contribution in [2.24, 2.45) is 0 Å². The summed E-state index contributed by atoms with van der Waals surface area (Å²) in [4.78, 5) is 26.8. The fourth-order valence-electron chi connectivity index (χ4n) is 2.86. The summed E-state index contributed by atoms with van der Waals surface area (Å²) in [5.41, 5.74) is 1.35. The number of likely N-dealkylation sites (N-methyl/N-ethyl adjacent to an activating group) is 1. The lowest BCUT2D eigenvalue weighted by atomic mass is 10.0. The van der Waals surface area contributed by atoms with Crippen molar-refractivity contribution in [1.29, 1.82) is 0 Å². The molecule has 0 heterocycles. The normalized spacial score (nSPS) is 11.7. The Morgan fingerprint density at radius 3 is 2.31 bits per heavy atom. The van der Waals surface area contributed by atoms with E-state index in [0.717, 1.165) is 5.56 Å². The molecule has 26 heavy (non-hydrogen) atoms. The first kappa shape index (κ1) is 19.6. The minimum absolute atomic E-state index is 0.0635. The zero-order valence-corrected chi connectivity index (χ0v) is 15.2. The monoisotopic (exact) mass is 356 g/mol. The minimum Gasteiger partial charge on any atom is -0.355 e. The zero-order valence-electron chi connectivity index (χ0n) is 15.2. The number of halogens is 1. The molecule has 2 aromatic rings. The molecule has 0 fully saturated rings. The van der Waals surface area contributed by atoms with Gasteiger partial charge < -0.3 is 10.2 Å². The molecule has 0 aliphatic heterocycles. The average molecular weight is 356 g/mol. The average Bonchev–Trinajstić information content (AvgIpc) is 2.66. The van der Waals surface area contributed by atoms with Gasteiger partial charge in [0.15, 0.2) is 0 Å². The van der Waals surface area contributed by atoms with Gasteiger partial charge in [-0.2, -0.15) is 0 Å². The minimum atomic E-state index is -0.690. The summed E-state index contributed by atoms with van der Waals surface area (Å²) in [5.74, 6) is -0.786. The first-order valence-corrected chi connectivity index (χ1v) is 8.91. The van der Waals surface area contributed by atoms with E-state index in [2.05, 4.69) is 5.32 Å². The van der Waals surface area contributed by atoms with E-state index in [0.29, 0.717) is 18.5 Å². The molecule has 0 aliphatic carbocycles. The van der Waals surface area contributed by atoms with Crippen molar-refractivity contribution in [3.8, 4) is 0 Å². The summed E-state index contributed by atoms with van der Waals surface area (Å²) in [7, 11) is 0. The van der Waals surface area contributed by atoms with E-state index < -0.39 is 6.04 Å². The maximum absolute atomic E-state index is 14.1. The largest absolute Gasteiger partial charge is 0.355 e. The Balaban J connectivity index is 2.35. The van der Waals surface area contributed by atoms with Crippen LogP contribution in [0.1, 0.15) is 31.4 Å². The molecule has 2 amide bonds. The van der Waals surface area contributed by atoms with Crippen LogP contribution < -0.4 is 5.32 Å². The van der Waals surface area contributed by atoms with Crippen LogP contribution in [0.3, 0.4) is 0 Å². The lowest BCUT2D eigenvalue weighted by Gasteiger charge is -2.31. The van der Waals surface area contributed by atoms with Crippen LogP contribution in [0.2, 0.25) is 0 Å². The van der Waals surface area contributed by atoms with Crippen LogP contribution in [0.4, 0.5) is 4.39 Å². The third-order valence-electron chi connectivity index (χ3n) is 4.22. The van der Waals surface area contributed by atoms with E-state index in [9.17, 15) is 14.0 Å². The summed E-state index contributed by atoms with van der Waals surface area (Å²) >= 11 is 0. The third kappa shape index (κ3) is 5.15. The highest BCUT2D eigenvalue weighted by atomic mass is 19.1. The highest BCUT2D eigenvalue weighted by Gasteiger charge is 2.29. The van der Waals surface area contributed by atoms with Crippen LogP contribution >= 0.6 is 0 Å². The number of rotatable bonds is 8. The molecule has 1 N–H and O–H groups in total. The third-order valence-corrected chi connectivity index (χ3v) is 4.22. The zero-order chi connectivity index (χ0) is 18.9. The standard InChI is InChI=1S/C21H25FN2O2/c1-3-20(25)24(15-17-12-8-9-13-18(17)22)19(21(26)23-4-2)14-16-10-6-5-7-11-16/h5-13,19H,3-4,14-15H2,1-2H3,(H,23,26)/t19-/m0/s1. The highest BCUT2D eigenvalue weighted by molar-refractivity contribution is 5.87. The first-order valence-electron chi connectivity index (χ1n) is 8.91. The molecular weight excluding hydrogens is 331 g/mol. The number of nitrogens with one attached hydrogen (secondary N) is 1. The number of nitrogens with zero attached hydrogens (tertiary/aromatic N) is 1. The lowest BCUT2D eigenvalue weighted by Crippen LogP contribution is -2.50. The van der Waals surface area contributed by atoms with Gasteiger partial charge in [0.1, 0.15) is 11.9 Å². The molecule has 0 spiro atoms. The molecule has 4 nitrogen and oxygen atoms in total. The van der Waals surface area contributed by atoms with Gasteiger partial charge in [-0.05, 0) is 18.6 Å². The molecular formula is C21H25FN2O2. The highest BCUT2D eigenvalue weighted by Crippen LogP contribution is 2.17. The second-order valence-corrected chi connectivity index (χ2v) is 6.07. The van der Waals surface area contributed by atoms with Gasteiger partial charge in [-0.3, -0.25) is 9.59 Å². The summed E-state index contributed by atoms with van der Waals surface area (Å²) in [6, 6.07) is 15.2. The molecule has 2 aromatic carbocycles. The molecule has 0 saturated carbocycles. The van der Waals surface area contributed by atoms with Crippen LogP contribution in [0.25, 0.3) is 0 Å². The fourth-order valence-corrected chi connectivity index (χ4v) is 2.86. The predicted molar refractivity (Wildman–Crippen MR) is 99.9 cm³/mol. The van der Waals surface area contributed by atoms with Crippen LogP contribution in [0.5, 0.6) is 0 Å². The van der Waals surface area contributed by atoms with Crippen molar-refractivity contribution >= 4 is 11.8 Å². The van der Waals surface area contributed by atoms with E-state index in [1.54, 1.807) is 25.1 Å². The van der Waals surface area contributed by atoms with Gasteiger partial charge in [-0.25, -0.2) is 4.39 Å². The predicted octanol–water partition coefficient (Wildman–Crippen LogP) is 3.31. The number of amides is 2. The fraction of sp³-hybridized carbons (Fsp3) is 0.333. The molecule has 0 radical (unpaired) electrons. The van der Waals surface area contributed by atoms with Crippen LogP contribution in [-0.4, -0.2) is 29.3 Å². The molecule has 0 saturated heterocycles. The maximum atomic E-state index is 14.1. The molecule has 2 rings (SSSR count). The second-order valence-electron chi connectivity index (χ2n) is 6.07. The Hall–Kier alpha value is -2.69. The number of hydrogen-bond acceptors (Lipinski definition) is 2. The summed E-state index contributed by atoms with van der Waals surface area (Å²) < 4.78 is 14.1. The quantitative estimate of drug-likeness (QED) is 0.789. The maximum Gasteiger partial charge on any atom is 0.243 e. The Morgan fingerprint density at radius 2 is 1.69 bits per heavy atom. The molecule has 1 atom stereocenters. The Kier molecular flexibility index (Phi) is 7.33. The van der Waals surface area contributed by atoms with Crippen molar-refractivity contribution < 1.29 is 14.0 Å². The molecule has 0 aromatic heterocycles. The van der Waals surface area contributed by atoms with Gasteiger partial charge in [0.2, 0.25) is 11.8 Å². The Bertz CT molecular complexity index is 734. The van der Waals surface area contributed by atoms with Crippen molar-refractivity contribution in [3.05, 3.63) is 71.5 Å². The van der Waals surface area contributed by atoms with Crippen molar-refractivity contribution in [1.82, 2.24) is 10.2 Å². The number of benzene rings is 2. The molecule has 5 heteroatoms. The van der Waals surface area contributed by atoms with Crippen LogP contribution in [-0.2, 0) is 22.6 Å². The van der Waals surface area contributed by atoms with Gasteiger partial charge in [0.25, 0.3) is 0 Å². The Morgan fingerprint density at radius 1 is 1.04 bits per heavy atom. The summed E-state index contributed by atoms with van der Waals surface area (Å²) in [6.45, 7) is 4.11. The van der Waals surface area contributed by atoms with E-state index in [1.807, 2.05) is 37.3 Å². The van der Waals surface area contributed by atoms with E-state index in [-0.39, 0.29) is 30.6 Å². The van der Waals surface area contributed by atoms with E-state index in [1.165, 1.54) is 11.0 Å². The number of carbonyl (C=O) groups is 2. The van der Waals surface area contributed by atoms with Crippen molar-refractivity contribution in [3.63, 3.8) is 0 Å². The molecule has 138 valence electrons. The topological polar surface area (TPSA) is 49.4 Å². The number of carbonyl (C=O) groups excluding carboxylic acids is 2. The van der Waals surface area contributed by atoms with Gasteiger partial charge in [-0.1, -0.05) is 55.5 Å². The second kappa shape index (κ2) is 9.70. The van der Waals surface area contributed by atoms with E-state index >= 15 is 0 Å². The lowest BCUT2D eigenvalue weighted by molar-refractivity contribution is -0.141. The molecule has 0 unspecified atom stereocenters. The van der Waals surface area contributed by atoms with Crippen molar-refractivity contribution in [2.45, 2.75) is 39.3 Å². The molecule has 0 aliphatic rings. The van der Waals surface area contributed by atoms with Gasteiger partial charge in [0.05, 0.1) is 0 Å². The smallest absolute Gasteiger partial charge is 0.243 e. The number of hydrogen-bond donors (Lipinski definition) is 1.